The van der Waals surface area contributed by atoms with Crippen molar-refractivity contribution in [1.29, 1.82) is 0 Å². The van der Waals surface area contributed by atoms with Crippen LogP contribution in [0.25, 0.3) is 0 Å². The molecule has 0 aromatic heterocycles. The largest absolute Gasteiger partial charge is 0.459 e. The zero-order chi connectivity index (χ0) is 31.3. The molecule has 0 amide bonds. The molecule has 10 unspecified atom stereocenters. The minimum atomic E-state index is -2.73. The summed E-state index contributed by atoms with van der Waals surface area (Å²) in [6.45, 7) is 9.71. The van der Waals surface area contributed by atoms with Gasteiger partial charge in [-0.3, -0.25) is 19.2 Å². The van der Waals surface area contributed by atoms with Crippen LogP contribution in [0.4, 0.5) is 0 Å². The van der Waals surface area contributed by atoms with Crippen LogP contribution in [0.15, 0.2) is 23.8 Å². The summed E-state index contributed by atoms with van der Waals surface area (Å²) in [5.74, 6) is -6.08. The molecule has 41 heavy (non-hydrogen) atoms. The smallest absolute Gasteiger partial charge is 0.341 e. The van der Waals surface area contributed by atoms with Crippen molar-refractivity contribution < 1.29 is 63.0 Å². The highest BCUT2D eigenvalue weighted by atomic mass is 16.6. The summed E-state index contributed by atoms with van der Waals surface area (Å²) in [6.07, 6.45) is -3.56. The summed E-state index contributed by atoms with van der Waals surface area (Å²) in [4.78, 5) is 62.2. The van der Waals surface area contributed by atoms with Gasteiger partial charge in [0.15, 0.2) is 17.3 Å². The van der Waals surface area contributed by atoms with E-state index < -0.39 is 88.5 Å². The van der Waals surface area contributed by atoms with Gasteiger partial charge in [-0.2, -0.15) is 0 Å². The second-order valence-electron chi connectivity index (χ2n) is 11.6. The van der Waals surface area contributed by atoms with Crippen molar-refractivity contribution in [3.63, 3.8) is 0 Å². The highest BCUT2D eigenvalue weighted by Crippen LogP contribution is 2.56. The van der Waals surface area contributed by atoms with Gasteiger partial charge >= 0.3 is 29.8 Å². The summed E-state index contributed by atoms with van der Waals surface area (Å²) in [7, 11) is 0. The minimum absolute atomic E-state index is 0.0896. The molecule has 1 heterocycles. The van der Waals surface area contributed by atoms with Gasteiger partial charge in [-0.15, -0.1) is 0 Å². The predicted molar refractivity (Wildman–Crippen MR) is 137 cm³/mol. The van der Waals surface area contributed by atoms with Crippen LogP contribution in [0.3, 0.4) is 0 Å². The highest BCUT2D eigenvalue weighted by molar-refractivity contribution is 5.84. The first-order valence-electron chi connectivity index (χ1n) is 13.1. The Morgan fingerprint density at radius 3 is 1.88 bits per heavy atom. The lowest BCUT2D eigenvalue weighted by atomic mass is 9.54. The summed E-state index contributed by atoms with van der Waals surface area (Å²) in [5, 5.41) is 35.9. The van der Waals surface area contributed by atoms with Gasteiger partial charge in [-0.1, -0.05) is 18.6 Å². The Hall–Kier alpha value is -3.29. The molecule has 2 aliphatic carbocycles. The van der Waals surface area contributed by atoms with E-state index in [9.17, 15) is 39.3 Å². The van der Waals surface area contributed by atoms with E-state index in [1.54, 1.807) is 6.92 Å². The molecular weight excluding hydrogens is 544 g/mol. The van der Waals surface area contributed by atoms with Crippen molar-refractivity contribution >= 4 is 29.8 Å². The summed E-state index contributed by atoms with van der Waals surface area (Å²) >= 11 is 0. The lowest BCUT2D eigenvalue weighted by Crippen LogP contribution is -2.73. The van der Waals surface area contributed by atoms with Crippen molar-refractivity contribution in [3.05, 3.63) is 23.8 Å². The van der Waals surface area contributed by atoms with Crippen molar-refractivity contribution in [1.82, 2.24) is 0 Å². The van der Waals surface area contributed by atoms with Crippen LogP contribution in [-0.2, 0) is 47.7 Å². The summed E-state index contributed by atoms with van der Waals surface area (Å²) < 4.78 is 27.8. The Balaban J connectivity index is 2.50. The van der Waals surface area contributed by atoms with Gasteiger partial charge in [0, 0.05) is 45.4 Å². The number of aliphatic hydroxyl groups is 3. The highest BCUT2D eigenvalue weighted by Gasteiger charge is 2.75. The maximum atomic E-state index is 12.9. The van der Waals surface area contributed by atoms with E-state index in [-0.39, 0.29) is 6.42 Å². The molecule has 10 atom stereocenters. The van der Waals surface area contributed by atoms with E-state index >= 15 is 0 Å². The Kier molecular flexibility index (Phi) is 8.52. The van der Waals surface area contributed by atoms with Crippen LogP contribution < -0.4 is 0 Å². The zero-order valence-electron chi connectivity index (χ0n) is 24.3. The van der Waals surface area contributed by atoms with Gasteiger partial charge in [0.1, 0.15) is 30.0 Å². The number of hydrogen-bond acceptors (Lipinski definition) is 13. The number of hydrogen-bond donors (Lipinski definition) is 3. The fourth-order valence-electron chi connectivity index (χ4n) is 6.44. The zero-order valence-corrected chi connectivity index (χ0v) is 24.3. The molecule has 13 nitrogen and oxygen atoms in total. The maximum absolute atomic E-state index is 12.9. The number of ether oxygens (including phenoxy) is 5. The van der Waals surface area contributed by atoms with Crippen LogP contribution in [-0.4, -0.2) is 92.5 Å². The second-order valence-corrected chi connectivity index (χ2v) is 11.6. The van der Waals surface area contributed by atoms with E-state index in [0.717, 1.165) is 34.6 Å². The van der Waals surface area contributed by atoms with Crippen LogP contribution in [0.2, 0.25) is 0 Å². The Morgan fingerprint density at radius 2 is 1.37 bits per heavy atom. The molecule has 0 spiro atoms. The molecule has 1 saturated heterocycles. The quantitative estimate of drug-likeness (QED) is 0.235. The topological polar surface area (TPSA) is 192 Å². The maximum Gasteiger partial charge on any atom is 0.341 e. The van der Waals surface area contributed by atoms with Crippen LogP contribution in [0.1, 0.15) is 61.8 Å². The monoisotopic (exact) mass is 582 g/mol. The third-order valence-electron chi connectivity index (χ3n) is 8.19. The van der Waals surface area contributed by atoms with E-state index in [4.69, 9.17) is 23.7 Å². The molecule has 0 saturated carbocycles. The molecule has 1 aliphatic heterocycles. The van der Waals surface area contributed by atoms with E-state index in [2.05, 4.69) is 0 Å². The van der Waals surface area contributed by atoms with Crippen molar-refractivity contribution in [2.75, 3.05) is 0 Å². The summed E-state index contributed by atoms with van der Waals surface area (Å²) in [6, 6.07) is 0. The first-order chi connectivity index (χ1) is 18.7. The number of fused-ring (bicyclic) bond motifs is 2. The SMILES string of the molecule is CC(=O)OC1CC(C)=CC2OC(=O)C(C)(O)C2(O)C(OC(C)=O)C2C(C)(O)C(OC(C)=O)C=CC2(C)C1OC(C)=O. The van der Waals surface area contributed by atoms with Gasteiger partial charge in [0.05, 0.1) is 0 Å². The molecule has 1 fully saturated rings. The van der Waals surface area contributed by atoms with Crippen molar-refractivity contribution in [2.45, 2.75) is 109 Å². The third-order valence-corrected chi connectivity index (χ3v) is 8.19. The third kappa shape index (κ3) is 5.50. The molecule has 3 rings (SSSR count). The van der Waals surface area contributed by atoms with Crippen LogP contribution in [0, 0.1) is 11.3 Å². The van der Waals surface area contributed by atoms with E-state index in [1.165, 1.54) is 32.1 Å². The number of carbonyl (C=O) groups excluding carboxylic acids is 5. The van der Waals surface area contributed by atoms with Gasteiger partial charge < -0.3 is 39.0 Å². The fourth-order valence-corrected chi connectivity index (χ4v) is 6.44. The first kappa shape index (κ1) is 32.2. The average molecular weight is 583 g/mol. The van der Waals surface area contributed by atoms with Gasteiger partial charge in [0.2, 0.25) is 0 Å². The Morgan fingerprint density at radius 1 is 0.854 bits per heavy atom. The van der Waals surface area contributed by atoms with Crippen molar-refractivity contribution in [2.24, 2.45) is 11.3 Å². The average Bonchev–Trinajstić information content (AvgIpc) is 2.96. The number of carbonyl (C=O) groups is 5. The van der Waals surface area contributed by atoms with Gasteiger partial charge in [-0.05, 0) is 32.9 Å². The number of esters is 5. The fraction of sp³-hybridized carbons (Fsp3) is 0.679. The molecule has 0 bridgehead atoms. The molecular formula is C28H38O13. The lowest BCUT2D eigenvalue weighted by molar-refractivity contribution is -0.263. The molecule has 13 heteroatoms. The molecule has 0 aromatic carbocycles. The van der Waals surface area contributed by atoms with Crippen molar-refractivity contribution in [3.8, 4) is 0 Å². The Bertz CT molecular complexity index is 1180. The minimum Gasteiger partial charge on any atom is -0.459 e. The van der Waals surface area contributed by atoms with Gasteiger partial charge in [-0.25, -0.2) is 4.79 Å². The second kappa shape index (κ2) is 10.8. The number of rotatable bonds is 4. The molecule has 0 radical (unpaired) electrons. The van der Waals surface area contributed by atoms with Crippen LogP contribution in [0.5, 0.6) is 0 Å². The lowest BCUT2D eigenvalue weighted by Gasteiger charge is -2.57. The van der Waals surface area contributed by atoms with E-state index in [0.29, 0.717) is 5.57 Å². The predicted octanol–water partition coefficient (Wildman–Crippen LogP) is 0.414. The Labute approximate surface area is 237 Å². The van der Waals surface area contributed by atoms with Gasteiger partial charge in [0.25, 0.3) is 0 Å². The molecule has 0 aromatic rings. The first-order valence-corrected chi connectivity index (χ1v) is 13.1. The molecule has 3 N–H and O–H groups in total. The normalized spacial score (nSPS) is 42.0. The standard InChI is InChI=1S/C28H38O13/c1-13-11-18(37-14(2)29)22(39-16(4)31)25(6)10-9-19(38-15(3)30)26(7,34)21(25)23(40-17(5)32)28(36)20(12-13)41-24(33)27(28,8)35/h9-10,12,18-23,34-36H,11H2,1-8H3. The summed E-state index contributed by atoms with van der Waals surface area (Å²) in [5.41, 5.74) is -8.92. The van der Waals surface area contributed by atoms with Crippen LogP contribution >= 0.6 is 0 Å². The molecule has 228 valence electrons. The molecule has 3 aliphatic rings. The van der Waals surface area contributed by atoms with E-state index in [1.807, 2.05) is 0 Å².